The van der Waals surface area contributed by atoms with Crippen molar-refractivity contribution in [3.8, 4) is 0 Å². The second kappa shape index (κ2) is 7.48. The number of thiazole rings is 1. The van der Waals surface area contributed by atoms with Gasteiger partial charge in [0.05, 0.1) is 17.7 Å². The third-order valence-electron chi connectivity index (χ3n) is 5.79. The summed E-state index contributed by atoms with van der Waals surface area (Å²) < 4.78 is 6.13. The van der Waals surface area contributed by atoms with Gasteiger partial charge in [-0.3, -0.25) is 9.59 Å². The number of ether oxygens (including phenoxy) is 1. The van der Waals surface area contributed by atoms with Crippen molar-refractivity contribution in [2.45, 2.75) is 37.7 Å². The third kappa shape index (κ3) is 3.55. The van der Waals surface area contributed by atoms with E-state index in [1.165, 1.54) is 11.3 Å². The summed E-state index contributed by atoms with van der Waals surface area (Å²) >= 11 is 1.44. The Bertz CT molecular complexity index is 680. The molecule has 26 heavy (non-hydrogen) atoms. The van der Waals surface area contributed by atoms with E-state index in [9.17, 15) is 9.59 Å². The number of amides is 2. The number of rotatable bonds is 2. The SMILES string of the molecule is O=C(c1cscn1)N1CCC2(CC1)CN(C(=O)C1CC=CCC1)CCO2. The maximum Gasteiger partial charge on any atom is 0.273 e. The monoisotopic (exact) mass is 375 g/mol. The molecule has 2 saturated heterocycles. The number of morpholine rings is 1. The van der Waals surface area contributed by atoms with Gasteiger partial charge in [-0.25, -0.2) is 4.98 Å². The minimum atomic E-state index is -0.294. The Labute approximate surface area is 157 Å². The van der Waals surface area contributed by atoms with Crippen LogP contribution in [0.5, 0.6) is 0 Å². The Morgan fingerprint density at radius 3 is 2.73 bits per heavy atom. The minimum Gasteiger partial charge on any atom is -0.371 e. The van der Waals surface area contributed by atoms with E-state index in [-0.39, 0.29) is 23.3 Å². The summed E-state index contributed by atoms with van der Waals surface area (Å²) in [4.78, 5) is 33.3. The first-order chi connectivity index (χ1) is 12.7. The Morgan fingerprint density at radius 1 is 1.19 bits per heavy atom. The lowest BCUT2D eigenvalue weighted by molar-refractivity contribution is -0.161. The molecular weight excluding hydrogens is 350 g/mol. The van der Waals surface area contributed by atoms with Gasteiger partial charge in [0.25, 0.3) is 5.91 Å². The lowest BCUT2D eigenvalue weighted by Crippen LogP contribution is -2.59. The van der Waals surface area contributed by atoms with Crippen LogP contribution in [0.15, 0.2) is 23.0 Å². The van der Waals surface area contributed by atoms with Gasteiger partial charge in [-0.05, 0) is 32.1 Å². The predicted molar refractivity (Wildman–Crippen MR) is 99.0 cm³/mol. The number of piperidine rings is 1. The fraction of sp³-hybridized carbons (Fsp3) is 0.632. The first-order valence-corrected chi connectivity index (χ1v) is 10.4. The van der Waals surface area contributed by atoms with Gasteiger partial charge in [0, 0.05) is 37.5 Å². The zero-order chi connectivity index (χ0) is 18.0. The quantitative estimate of drug-likeness (QED) is 0.745. The highest BCUT2D eigenvalue weighted by Gasteiger charge is 2.42. The molecule has 2 amide bonds. The molecule has 140 valence electrons. The van der Waals surface area contributed by atoms with Crippen molar-refractivity contribution in [3.63, 3.8) is 0 Å². The number of carbonyl (C=O) groups excluding carboxylic acids is 2. The molecule has 4 rings (SSSR count). The van der Waals surface area contributed by atoms with E-state index in [0.29, 0.717) is 38.5 Å². The van der Waals surface area contributed by atoms with Crippen LogP contribution < -0.4 is 0 Å². The molecule has 7 heteroatoms. The average molecular weight is 375 g/mol. The molecule has 2 fully saturated rings. The molecule has 6 nitrogen and oxygen atoms in total. The van der Waals surface area contributed by atoms with Gasteiger partial charge < -0.3 is 14.5 Å². The van der Waals surface area contributed by atoms with Crippen molar-refractivity contribution < 1.29 is 14.3 Å². The third-order valence-corrected chi connectivity index (χ3v) is 6.38. The van der Waals surface area contributed by atoms with Crippen LogP contribution >= 0.6 is 11.3 Å². The molecule has 0 saturated carbocycles. The van der Waals surface area contributed by atoms with Crippen LogP contribution in [-0.4, -0.2) is 65.0 Å². The number of hydrogen-bond donors (Lipinski definition) is 0. The van der Waals surface area contributed by atoms with Crippen LogP contribution in [0.25, 0.3) is 0 Å². The summed E-state index contributed by atoms with van der Waals surface area (Å²) in [6.07, 6.45) is 8.66. The number of hydrogen-bond acceptors (Lipinski definition) is 5. The van der Waals surface area contributed by atoms with Crippen LogP contribution in [0.1, 0.15) is 42.6 Å². The Kier molecular flexibility index (Phi) is 5.09. The first-order valence-electron chi connectivity index (χ1n) is 9.42. The highest BCUT2D eigenvalue weighted by atomic mass is 32.1. The summed E-state index contributed by atoms with van der Waals surface area (Å²) in [5.74, 6) is 0.401. The van der Waals surface area contributed by atoms with Crippen molar-refractivity contribution in [1.82, 2.24) is 14.8 Å². The number of likely N-dealkylation sites (tertiary alicyclic amines) is 1. The van der Waals surface area contributed by atoms with E-state index in [1.54, 1.807) is 10.9 Å². The summed E-state index contributed by atoms with van der Waals surface area (Å²) in [6.45, 7) is 3.25. The Morgan fingerprint density at radius 2 is 2.04 bits per heavy atom. The normalized spacial score (nSPS) is 25.5. The van der Waals surface area contributed by atoms with Gasteiger partial charge in [0.2, 0.25) is 5.91 Å². The van der Waals surface area contributed by atoms with Gasteiger partial charge in [0.15, 0.2) is 0 Å². The van der Waals surface area contributed by atoms with E-state index >= 15 is 0 Å². The predicted octanol–water partition coefficient (Wildman–Crippen LogP) is 2.33. The molecule has 1 aliphatic carbocycles. The summed E-state index contributed by atoms with van der Waals surface area (Å²) in [6, 6.07) is 0. The number of nitrogens with zero attached hydrogens (tertiary/aromatic N) is 3. The molecule has 3 heterocycles. The summed E-state index contributed by atoms with van der Waals surface area (Å²) in [7, 11) is 0. The first kappa shape index (κ1) is 17.7. The maximum atomic E-state index is 12.9. The lowest BCUT2D eigenvalue weighted by Gasteiger charge is -2.47. The Hall–Kier alpha value is -1.73. The van der Waals surface area contributed by atoms with Crippen molar-refractivity contribution >= 4 is 23.2 Å². The minimum absolute atomic E-state index is 0.00108. The van der Waals surface area contributed by atoms with Gasteiger partial charge in [-0.15, -0.1) is 11.3 Å². The molecule has 0 radical (unpaired) electrons. The average Bonchev–Trinajstić information content (AvgIpc) is 3.23. The molecule has 1 atom stereocenters. The second-order valence-electron chi connectivity index (χ2n) is 7.44. The van der Waals surface area contributed by atoms with E-state index < -0.39 is 0 Å². The molecule has 1 unspecified atom stereocenters. The van der Waals surface area contributed by atoms with Crippen molar-refractivity contribution in [2.75, 3.05) is 32.8 Å². The largest absolute Gasteiger partial charge is 0.371 e. The molecule has 3 aliphatic rings. The molecule has 1 aromatic heterocycles. The second-order valence-corrected chi connectivity index (χ2v) is 8.16. The van der Waals surface area contributed by atoms with Gasteiger partial charge in [-0.1, -0.05) is 12.2 Å². The topological polar surface area (TPSA) is 62.7 Å². The van der Waals surface area contributed by atoms with E-state index in [2.05, 4.69) is 17.1 Å². The van der Waals surface area contributed by atoms with E-state index in [0.717, 1.165) is 32.1 Å². The van der Waals surface area contributed by atoms with Gasteiger partial charge >= 0.3 is 0 Å². The molecule has 2 aliphatic heterocycles. The molecule has 0 aromatic carbocycles. The number of allylic oxidation sites excluding steroid dienone is 2. The Balaban J connectivity index is 1.36. The van der Waals surface area contributed by atoms with Crippen LogP contribution in [0.3, 0.4) is 0 Å². The lowest BCUT2D eigenvalue weighted by atomic mass is 9.87. The van der Waals surface area contributed by atoms with Crippen molar-refractivity contribution in [1.29, 1.82) is 0 Å². The smallest absolute Gasteiger partial charge is 0.273 e. The maximum absolute atomic E-state index is 12.9. The zero-order valence-corrected chi connectivity index (χ0v) is 15.7. The fourth-order valence-electron chi connectivity index (χ4n) is 4.21. The standard InChI is InChI=1S/C19H25N3O3S/c23-17(15-4-2-1-3-5-15)22-10-11-25-19(13-22)6-8-21(9-7-19)18(24)16-12-26-14-20-16/h1-2,12,14-15H,3-11,13H2. The highest BCUT2D eigenvalue weighted by Crippen LogP contribution is 2.32. The van der Waals surface area contributed by atoms with Crippen molar-refractivity contribution in [2.24, 2.45) is 5.92 Å². The van der Waals surface area contributed by atoms with Gasteiger partial charge in [0.1, 0.15) is 5.69 Å². The number of aromatic nitrogens is 1. The van der Waals surface area contributed by atoms with Crippen LogP contribution in [-0.2, 0) is 9.53 Å². The van der Waals surface area contributed by atoms with Crippen LogP contribution in [0.2, 0.25) is 0 Å². The summed E-state index contributed by atoms with van der Waals surface area (Å²) in [5, 5.41) is 1.79. The zero-order valence-electron chi connectivity index (χ0n) is 14.9. The van der Waals surface area contributed by atoms with E-state index in [1.807, 2.05) is 9.80 Å². The highest BCUT2D eigenvalue weighted by molar-refractivity contribution is 7.07. The van der Waals surface area contributed by atoms with Gasteiger partial charge in [-0.2, -0.15) is 0 Å². The number of carbonyl (C=O) groups is 2. The molecule has 0 N–H and O–H groups in total. The molecule has 1 aromatic rings. The van der Waals surface area contributed by atoms with Crippen LogP contribution in [0.4, 0.5) is 0 Å². The van der Waals surface area contributed by atoms with Crippen molar-refractivity contribution in [3.05, 3.63) is 28.7 Å². The molecule has 1 spiro atoms. The molecule has 0 bridgehead atoms. The van der Waals surface area contributed by atoms with E-state index in [4.69, 9.17) is 4.74 Å². The fourth-order valence-corrected chi connectivity index (χ4v) is 4.73. The molecular formula is C19H25N3O3S. The van der Waals surface area contributed by atoms with Crippen LogP contribution in [0, 0.1) is 5.92 Å². The summed E-state index contributed by atoms with van der Waals surface area (Å²) in [5.41, 5.74) is 1.92.